The summed E-state index contributed by atoms with van der Waals surface area (Å²) >= 11 is 0. The zero-order chi connectivity index (χ0) is 47.9. The van der Waals surface area contributed by atoms with Crippen LogP contribution >= 0.6 is 0 Å². The fourth-order valence-electron chi connectivity index (χ4n) is 7.29. The Morgan fingerprint density at radius 3 is 1.11 bits per heavy atom. The second kappa shape index (κ2) is 53.9. The summed E-state index contributed by atoms with van der Waals surface area (Å²) in [5, 5.41) is 0. The summed E-state index contributed by atoms with van der Waals surface area (Å²) in [4.78, 5) is 38.1. The Morgan fingerprint density at radius 2 is 0.652 bits per heavy atom. The lowest BCUT2D eigenvalue weighted by Gasteiger charge is -2.18. The topological polar surface area (TPSA) is 78.9 Å². The summed E-state index contributed by atoms with van der Waals surface area (Å²) in [7, 11) is 0. The summed E-state index contributed by atoms with van der Waals surface area (Å²) in [5.41, 5.74) is 0. The predicted molar refractivity (Wildman–Crippen MR) is 284 cm³/mol. The lowest BCUT2D eigenvalue weighted by Crippen LogP contribution is -2.30. The fraction of sp³-hybridized carbons (Fsp3) is 0.683. The lowest BCUT2D eigenvalue weighted by molar-refractivity contribution is -0.167. The minimum atomic E-state index is -0.802. The summed E-state index contributed by atoms with van der Waals surface area (Å²) in [6, 6.07) is 0. The van der Waals surface area contributed by atoms with Gasteiger partial charge in [0.15, 0.2) is 6.10 Å². The highest BCUT2D eigenvalue weighted by atomic mass is 16.6. The van der Waals surface area contributed by atoms with Gasteiger partial charge in [0.25, 0.3) is 0 Å². The van der Waals surface area contributed by atoms with Crippen LogP contribution in [0.2, 0.25) is 0 Å². The van der Waals surface area contributed by atoms with Crippen LogP contribution in [0, 0.1) is 0 Å². The average molecular weight is 917 g/mol. The van der Waals surface area contributed by atoms with E-state index in [0.29, 0.717) is 19.3 Å². The number of esters is 3. The third-order valence-corrected chi connectivity index (χ3v) is 11.4. The minimum absolute atomic E-state index is 0.101. The molecule has 0 aliphatic heterocycles. The molecule has 0 aromatic carbocycles. The van der Waals surface area contributed by atoms with Gasteiger partial charge in [-0.25, -0.2) is 0 Å². The number of carbonyl (C=O) groups is 3. The van der Waals surface area contributed by atoms with Crippen LogP contribution in [0.1, 0.15) is 245 Å². The van der Waals surface area contributed by atoms with Gasteiger partial charge in [0, 0.05) is 19.3 Å². The summed E-state index contributed by atoms with van der Waals surface area (Å²) in [6.07, 6.45) is 71.0. The molecule has 1 atom stereocenters. The molecule has 6 nitrogen and oxygen atoms in total. The van der Waals surface area contributed by atoms with Crippen molar-refractivity contribution in [1.82, 2.24) is 0 Å². The van der Waals surface area contributed by atoms with Crippen molar-refractivity contribution >= 4 is 17.9 Å². The van der Waals surface area contributed by atoms with Crippen molar-refractivity contribution in [3.05, 3.63) is 97.2 Å². The van der Waals surface area contributed by atoms with E-state index in [1.165, 1.54) is 77.0 Å². The molecule has 0 amide bonds. The molecule has 0 aromatic rings. The maximum atomic E-state index is 12.8. The van der Waals surface area contributed by atoms with Crippen molar-refractivity contribution in [3.8, 4) is 0 Å². The predicted octanol–water partition coefficient (Wildman–Crippen LogP) is 18.1. The quantitative estimate of drug-likeness (QED) is 0.0199. The van der Waals surface area contributed by atoms with Crippen molar-refractivity contribution < 1.29 is 28.6 Å². The first-order chi connectivity index (χ1) is 32.5. The number of carbonyl (C=O) groups excluding carboxylic acids is 3. The van der Waals surface area contributed by atoms with Gasteiger partial charge in [-0.15, -0.1) is 0 Å². The molecule has 66 heavy (non-hydrogen) atoms. The Hall–Kier alpha value is -3.67. The maximum absolute atomic E-state index is 12.8. The molecular formula is C60H100O6. The van der Waals surface area contributed by atoms with Gasteiger partial charge in [0.1, 0.15) is 13.2 Å². The molecule has 0 heterocycles. The zero-order valence-electron chi connectivity index (χ0n) is 42.9. The number of unbranched alkanes of at least 4 members (excludes halogenated alkanes) is 24. The van der Waals surface area contributed by atoms with E-state index in [2.05, 4.69) is 118 Å². The van der Waals surface area contributed by atoms with Gasteiger partial charge in [-0.05, 0) is 103 Å². The van der Waals surface area contributed by atoms with Gasteiger partial charge in [-0.2, -0.15) is 0 Å². The van der Waals surface area contributed by atoms with Crippen molar-refractivity contribution in [2.45, 2.75) is 252 Å². The Balaban J connectivity index is 4.49. The van der Waals surface area contributed by atoms with Crippen LogP contribution in [0.3, 0.4) is 0 Å². The van der Waals surface area contributed by atoms with Gasteiger partial charge in [-0.3, -0.25) is 14.4 Å². The van der Waals surface area contributed by atoms with Crippen LogP contribution in [0.15, 0.2) is 97.2 Å². The summed E-state index contributed by atoms with van der Waals surface area (Å²) < 4.78 is 16.8. The number of rotatable bonds is 48. The first kappa shape index (κ1) is 62.3. The molecule has 1 unspecified atom stereocenters. The molecule has 0 saturated heterocycles. The van der Waals surface area contributed by atoms with Crippen LogP contribution < -0.4 is 0 Å². The Morgan fingerprint density at radius 1 is 0.333 bits per heavy atom. The molecule has 6 heteroatoms. The molecule has 0 aromatic heterocycles. The number of allylic oxidation sites excluding steroid dienone is 16. The van der Waals surface area contributed by atoms with Gasteiger partial charge in [-0.1, -0.05) is 221 Å². The molecule has 0 radical (unpaired) electrons. The maximum Gasteiger partial charge on any atom is 0.306 e. The monoisotopic (exact) mass is 917 g/mol. The number of ether oxygens (including phenoxy) is 3. The highest BCUT2D eigenvalue weighted by Crippen LogP contribution is 2.14. The fourth-order valence-corrected chi connectivity index (χ4v) is 7.29. The molecule has 0 aliphatic rings. The molecule has 0 rings (SSSR count). The van der Waals surface area contributed by atoms with E-state index in [9.17, 15) is 14.4 Å². The van der Waals surface area contributed by atoms with Crippen molar-refractivity contribution in [3.63, 3.8) is 0 Å². The SMILES string of the molecule is CC/C=C\C/C=C\C/C=C\CCCCCCC(=O)OCC(COC(=O)CCCCCCC\C=C/C=C\C=C/C=C\CCCCC)OC(=O)CCCCCCC/C=C\CCCCCCCCC. The van der Waals surface area contributed by atoms with E-state index in [1.807, 2.05) is 0 Å². The highest BCUT2D eigenvalue weighted by Gasteiger charge is 2.19. The van der Waals surface area contributed by atoms with Crippen molar-refractivity contribution in [2.75, 3.05) is 13.2 Å². The third kappa shape index (κ3) is 51.3. The van der Waals surface area contributed by atoms with Gasteiger partial charge in [0.2, 0.25) is 0 Å². The average Bonchev–Trinajstić information content (AvgIpc) is 3.31. The van der Waals surface area contributed by atoms with Crippen LogP contribution in [0.5, 0.6) is 0 Å². The number of hydrogen-bond donors (Lipinski definition) is 0. The first-order valence-corrected chi connectivity index (χ1v) is 27.3. The molecule has 0 spiro atoms. The first-order valence-electron chi connectivity index (χ1n) is 27.3. The van der Waals surface area contributed by atoms with Gasteiger partial charge >= 0.3 is 17.9 Å². The molecular weight excluding hydrogens is 817 g/mol. The van der Waals surface area contributed by atoms with E-state index < -0.39 is 6.10 Å². The smallest absolute Gasteiger partial charge is 0.306 e. The lowest BCUT2D eigenvalue weighted by atomic mass is 10.1. The third-order valence-electron chi connectivity index (χ3n) is 11.4. The Bertz CT molecular complexity index is 1330. The normalized spacial score (nSPS) is 12.8. The summed E-state index contributed by atoms with van der Waals surface area (Å²) in [6.45, 7) is 6.44. The van der Waals surface area contributed by atoms with Crippen LogP contribution in [-0.4, -0.2) is 37.2 Å². The second-order valence-corrected chi connectivity index (χ2v) is 17.8. The van der Waals surface area contributed by atoms with Crippen molar-refractivity contribution in [2.24, 2.45) is 0 Å². The van der Waals surface area contributed by atoms with Gasteiger partial charge in [0.05, 0.1) is 0 Å². The molecule has 0 aliphatic carbocycles. The van der Waals surface area contributed by atoms with E-state index in [0.717, 1.165) is 128 Å². The second-order valence-electron chi connectivity index (χ2n) is 17.8. The van der Waals surface area contributed by atoms with Crippen LogP contribution in [0.25, 0.3) is 0 Å². The molecule has 0 fully saturated rings. The molecule has 0 saturated carbocycles. The largest absolute Gasteiger partial charge is 0.462 e. The number of hydrogen-bond acceptors (Lipinski definition) is 6. The van der Waals surface area contributed by atoms with Gasteiger partial charge < -0.3 is 14.2 Å². The highest BCUT2D eigenvalue weighted by molar-refractivity contribution is 5.71. The van der Waals surface area contributed by atoms with E-state index in [4.69, 9.17) is 14.2 Å². The van der Waals surface area contributed by atoms with Crippen LogP contribution in [0.4, 0.5) is 0 Å². The molecule has 0 bridgehead atoms. The van der Waals surface area contributed by atoms with E-state index in [1.54, 1.807) is 0 Å². The molecule has 0 N–H and O–H groups in total. The van der Waals surface area contributed by atoms with E-state index in [-0.39, 0.29) is 31.1 Å². The molecule has 376 valence electrons. The standard InChI is InChI=1S/C60H100O6/c1-4-7-10-13-16-19-22-25-28-30-31-33-35-38-41-44-47-50-53-59(62)65-56-57(55-64-58(61)52-49-46-43-40-37-34-27-24-21-18-15-12-9-6-3)66-60(63)54-51-48-45-42-39-36-32-29-26-23-20-17-14-11-8-5-2/h9,12,16,18-19,21-22,25,27-34,57H,4-8,10-11,13-15,17,20,23-24,26,35-56H2,1-3H3/b12-9-,19-16-,21-18-,25-22-,30-28-,32-29-,33-31-,34-27-. The minimum Gasteiger partial charge on any atom is -0.462 e. The zero-order valence-corrected chi connectivity index (χ0v) is 42.9. The Kier molecular flexibility index (Phi) is 50.9. The summed E-state index contributed by atoms with van der Waals surface area (Å²) in [5.74, 6) is -0.953. The van der Waals surface area contributed by atoms with Crippen LogP contribution in [-0.2, 0) is 28.6 Å². The van der Waals surface area contributed by atoms with Crippen molar-refractivity contribution in [1.29, 1.82) is 0 Å². The Labute approximate surface area is 407 Å². The van der Waals surface area contributed by atoms with E-state index >= 15 is 0 Å².